The molecule has 2 aliphatic rings. The number of unbranched alkanes of at least 4 members (excludes halogenated alkanes) is 54. The fourth-order valence-corrected chi connectivity index (χ4v) is 18.9. The standard InChI is InChI=1S/C124H188N6O10.Zn/c1-7-13-19-25-31-37-43-49-55-61-87-135-115-95-103(96-116(136-88-62-56-50-44-38-32-26-20-14-8-2)121(115)139-91-65-59-53-47-41-35-29-23-17-11-5)123(131)125-85-67-93-133-109-77-69-101(70-78-109)119-111-81-73-105(127-111)99-107-75-83-113(129-107)120(114-84-76-108(130-114)100-106-74-82-112(119)128-106)102-71-79-110(80-72-102)134-94-68-86-126-124(132)104-97-117(137-89-63-57-51-45-39-33-27-21-15-9-3)122(140-92-66-60-54-48-42-36-30-24-18-12-6)118(98-104)138-90-64-58-52-46-40-34-28-22-16-10-4;/h69-84,95-100H,7-68,85-94H2,1-6H3,(H4,125,126,127,128,129,130,131,132);/q;+2/p-2. The molecule has 141 heavy (non-hydrogen) atoms. The quantitative estimate of drug-likeness (QED) is 0.0271. The number of hydrogen-bond acceptors (Lipinski definition) is 12. The first-order chi connectivity index (χ1) is 69.2. The van der Waals surface area contributed by atoms with Crippen LogP contribution in [0, 0.1) is 0 Å². The third kappa shape index (κ3) is 48.3. The number of nitrogens with zero attached hydrogens (tertiary/aromatic N) is 4. The Morgan fingerprint density at radius 3 is 0.723 bits per heavy atom. The molecule has 2 N–H and O–H groups in total. The van der Waals surface area contributed by atoms with Crippen molar-refractivity contribution in [2.24, 2.45) is 0 Å². The zero-order valence-electron chi connectivity index (χ0n) is 89.2. The van der Waals surface area contributed by atoms with E-state index in [-0.39, 0.29) is 31.3 Å². The summed E-state index contributed by atoms with van der Waals surface area (Å²) in [6.07, 6.45) is 84.1. The maximum absolute atomic E-state index is 14.3. The average Bonchev–Trinajstić information content (AvgIpc) is 1.46. The van der Waals surface area contributed by atoms with Crippen molar-refractivity contribution >= 4 is 58.2 Å². The molecule has 16 nitrogen and oxygen atoms in total. The summed E-state index contributed by atoms with van der Waals surface area (Å²) < 4.78 is 52.8. The van der Waals surface area contributed by atoms with Crippen LogP contribution in [0.15, 0.2) is 109 Å². The second-order valence-electron chi connectivity index (χ2n) is 39.8. The number of hydrogen-bond donors (Lipinski definition) is 2. The van der Waals surface area contributed by atoms with Gasteiger partial charge in [0, 0.05) is 24.2 Å². The normalized spacial score (nSPS) is 11.6. The molecule has 2 aliphatic heterocycles. The summed E-state index contributed by atoms with van der Waals surface area (Å²) in [6.45, 7) is 18.7. The predicted octanol–water partition coefficient (Wildman–Crippen LogP) is 35.4. The molecule has 0 saturated heterocycles. The first-order valence-corrected chi connectivity index (χ1v) is 57.3. The molecule has 0 fully saturated rings. The van der Waals surface area contributed by atoms with Crippen molar-refractivity contribution < 1.29 is 67.0 Å². The summed E-state index contributed by atoms with van der Waals surface area (Å²) in [7, 11) is 0. The molecule has 774 valence electrons. The van der Waals surface area contributed by atoms with Crippen LogP contribution in [0.3, 0.4) is 0 Å². The summed E-state index contributed by atoms with van der Waals surface area (Å²) >= 11 is 0. The third-order valence-electron chi connectivity index (χ3n) is 27.4. The summed E-state index contributed by atoms with van der Waals surface area (Å²) in [5.41, 5.74) is 10.9. The molecule has 0 atom stereocenters. The first kappa shape index (κ1) is 118. The van der Waals surface area contributed by atoms with E-state index in [4.69, 9.17) is 57.8 Å². The Morgan fingerprint density at radius 1 is 0.248 bits per heavy atom. The molecule has 8 bridgehead atoms. The van der Waals surface area contributed by atoms with Crippen LogP contribution in [-0.2, 0) is 19.5 Å². The summed E-state index contributed by atoms with van der Waals surface area (Å²) in [5, 5.41) is 6.40. The molecular formula is C124H186N6O10Zn. The van der Waals surface area contributed by atoms with Crippen molar-refractivity contribution in [2.75, 3.05) is 65.9 Å². The first-order valence-electron chi connectivity index (χ1n) is 57.3. The van der Waals surface area contributed by atoms with E-state index in [9.17, 15) is 9.59 Å². The molecule has 0 spiro atoms. The molecule has 4 aromatic carbocycles. The minimum atomic E-state index is -0.182. The summed E-state index contributed by atoms with van der Waals surface area (Å²) in [6, 6.07) is 35.9. The molecule has 7 aromatic rings. The number of fused-ring (bicyclic) bond motifs is 8. The van der Waals surface area contributed by atoms with Gasteiger partial charge in [-0.25, -0.2) is 9.97 Å². The topological polar surface area (TPSA) is 186 Å². The average molecular weight is 1990 g/mol. The Hall–Kier alpha value is -8.56. The fraction of sp³-hybridized carbons (Fsp3) is 0.629. The van der Waals surface area contributed by atoms with Gasteiger partial charge in [0.05, 0.1) is 75.6 Å². The van der Waals surface area contributed by atoms with Crippen LogP contribution < -0.4 is 58.5 Å². The van der Waals surface area contributed by atoms with E-state index in [0.717, 1.165) is 156 Å². The number of nitrogens with one attached hydrogen (secondary N) is 2. The monoisotopic (exact) mass is 1980 g/mol. The van der Waals surface area contributed by atoms with E-state index >= 15 is 0 Å². The molecule has 0 aliphatic carbocycles. The molecule has 0 unspecified atom stereocenters. The van der Waals surface area contributed by atoms with Gasteiger partial charge in [-0.2, -0.15) is 0 Å². The Balaban J connectivity index is 0.0000243. The van der Waals surface area contributed by atoms with Crippen molar-refractivity contribution in [2.45, 2.75) is 440 Å². The summed E-state index contributed by atoms with van der Waals surface area (Å²) in [4.78, 5) is 49.5. The third-order valence-corrected chi connectivity index (χ3v) is 27.4. The van der Waals surface area contributed by atoms with E-state index in [2.05, 4.69) is 101 Å². The minimum absolute atomic E-state index is 0. The van der Waals surface area contributed by atoms with Crippen molar-refractivity contribution in [1.29, 1.82) is 0 Å². The number of rotatable bonds is 86. The molecule has 3 aromatic heterocycles. The van der Waals surface area contributed by atoms with Crippen LogP contribution in [0.5, 0.6) is 46.0 Å². The second kappa shape index (κ2) is 76.1. The van der Waals surface area contributed by atoms with Gasteiger partial charge in [-0.1, -0.05) is 449 Å². The van der Waals surface area contributed by atoms with Crippen molar-refractivity contribution in [1.82, 2.24) is 30.6 Å². The van der Waals surface area contributed by atoms with Crippen LogP contribution in [0.25, 0.3) is 68.6 Å². The van der Waals surface area contributed by atoms with E-state index in [1.165, 1.54) is 308 Å². The number of amides is 2. The van der Waals surface area contributed by atoms with Crippen molar-refractivity contribution in [3.05, 3.63) is 143 Å². The SMILES string of the molecule is CCCCCCCCCCCCOc1cc(C(=O)NCCCOc2ccc(-c3c4nc(cc5ccc([n-]5)c(-c5ccc(OCCCNC(=O)c6cc(OCCCCCCCCCCCC)c(OCCCCCCCCCCCC)c(OCCCCCCCCCCCC)c6)cc5)c5nc(cc6ccc3[n-]6)C=C5)C=C4)cc2)cc(OCCCCCCCCCCCC)c1OCCCCCCCCCCCC.[Zn+2]. The van der Waals surface area contributed by atoms with E-state index in [1.54, 1.807) is 0 Å². The molecule has 5 heterocycles. The Morgan fingerprint density at radius 2 is 0.475 bits per heavy atom. The number of carbonyl (C=O) groups excluding carboxylic acids is 2. The zero-order valence-corrected chi connectivity index (χ0v) is 92.2. The van der Waals surface area contributed by atoms with Gasteiger partial charge in [-0.05, 0) is 146 Å². The number of benzene rings is 4. The Bertz CT molecular complexity index is 4300. The number of carbonyl (C=O) groups is 2. The maximum atomic E-state index is 14.3. The number of ether oxygens (including phenoxy) is 8. The maximum Gasteiger partial charge on any atom is 2.00 e. The Kier molecular flexibility index (Phi) is 63.5. The predicted molar refractivity (Wildman–Crippen MR) is 589 cm³/mol. The summed E-state index contributed by atoms with van der Waals surface area (Å²) in [5.74, 6) is 4.67. The van der Waals surface area contributed by atoms with Gasteiger partial charge >= 0.3 is 19.5 Å². The second-order valence-corrected chi connectivity index (χ2v) is 39.8. The minimum Gasteiger partial charge on any atom is -0.657 e. The molecular weight excluding hydrogens is 1800 g/mol. The largest absolute Gasteiger partial charge is 2.00 e. The van der Waals surface area contributed by atoms with Gasteiger partial charge in [0.15, 0.2) is 23.0 Å². The van der Waals surface area contributed by atoms with Crippen molar-refractivity contribution in [3.8, 4) is 68.2 Å². The fourth-order valence-electron chi connectivity index (χ4n) is 18.9. The van der Waals surface area contributed by atoms with Gasteiger partial charge < -0.3 is 58.5 Å². The number of aromatic nitrogens is 4. The molecule has 0 saturated carbocycles. The Labute approximate surface area is 866 Å². The molecule has 17 heteroatoms. The van der Waals surface area contributed by atoms with Crippen LogP contribution in [0.1, 0.15) is 483 Å². The van der Waals surface area contributed by atoms with E-state index < -0.39 is 0 Å². The van der Waals surface area contributed by atoms with Gasteiger partial charge in [0.25, 0.3) is 11.8 Å². The molecule has 0 radical (unpaired) electrons. The van der Waals surface area contributed by atoms with Crippen molar-refractivity contribution in [3.63, 3.8) is 0 Å². The van der Waals surface area contributed by atoms with E-state index in [0.29, 0.717) is 124 Å². The van der Waals surface area contributed by atoms with Crippen LogP contribution in [0.2, 0.25) is 0 Å². The van der Waals surface area contributed by atoms with Crippen LogP contribution >= 0.6 is 0 Å². The van der Waals surface area contributed by atoms with Gasteiger partial charge in [0.1, 0.15) is 11.5 Å². The van der Waals surface area contributed by atoms with Crippen LogP contribution in [0.4, 0.5) is 0 Å². The molecule has 9 rings (SSSR count). The van der Waals surface area contributed by atoms with E-state index in [1.807, 2.05) is 84.9 Å². The molecule has 2 amide bonds. The van der Waals surface area contributed by atoms with Gasteiger partial charge in [-0.3, -0.25) is 9.59 Å². The van der Waals surface area contributed by atoms with Gasteiger partial charge in [0.2, 0.25) is 11.5 Å². The smallest absolute Gasteiger partial charge is 0.657 e. The zero-order chi connectivity index (χ0) is 98.2. The van der Waals surface area contributed by atoms with Crippen LogP contribution in [-0.4, -0.2) is 87.7 Å². The van der Waals surface area contributed by atoms with Gasteiger partial charge in [-0.15, -0.1) is 22.1 Å².